The van der Waals surface area contributed by atoms with Crippen LogP contribution in [0.1, 0.15) is 22.7 Å². The van der Waals surface area contributed by atoms with E-state index in [0.717, 1.165) is 5.56 Å². The van der Waals surface area contributed by atoms with Crippen molar-refractivity contribution in [3.63, 3.8) is 0 Å². The monoisotopic (exact) mass is 502 g/mol. The van der Waals surface area contributed by atoms with Gasteiger partial charge < -0.3 is 9.15 Å². The lowest BCUT2D eigenvalue weighted by Crippen LogP contribution is -2.03. The van der Waals surface area contributed by atoms with Crippen LogP contribution >= 0.6 is 34.8 Å². The Balaban J connectivity index is 1.40. The second kappa shape index (κ2) is 10.2. The molecule has 0 saturated heterocycles. The van der Waals surface area contributed by atoms with Gasteiger partial charge in [0.15, 0.2) is 6.61 Å². The molecule has 0 N–H and O–H groups in total. The van der Waals surface area contributed by atoms with Crippen LogP contribution < -0.4 is 0 Å². The van der Waals surface area contributed by atoms with Gasteiger partial charge in [-0.05, 0) is 37.3 Å². The highest BCUT2D eigenvalue weighted by atomic mass is 35.5. The van der Waals surface area contributed by atoms with Crippen LogP contribution in [0.2, 0.25) is 15.2 Å². The van der Waals surface area contributed by atoms with Gasteiger partial charge in [0.2, 0.25) is 5.89 Å². The first-order valence-corrected chi connectivity index (χ1v) is 10.9. The maximum Gasteiger partial charge on any atom is 0.331 e. The summed E-state index contributed by atoms with van der Waals surface area (Å²) >= 11 is 19.0. The van der Waals surface area contributed by atoms with Gasteiger partial charge in [-0.25, -0.2) is 9.48 Å². The molecule has 10 heteroatoms. The quantitative estimate of drug-likeness (QED) is 0.227. The second-order valence-corrected chi connectivity index (χ2v) is 8.13. The molecule has 33 heavy (non-hydrogen) atoms. The fourth-order valence-electron chi connectivity index (χ4n) is 3.04. The number of nitrogens with zero attached hydrogens (tertiary/aromatic N) is 4. The normalized spacial score (nSPS) is 11.3. The lowest BCUT2D eigenvalue weighted by molar-refractivity contribution is -0.139. The molecule has 2 aromatic heterocycles. The predicted octanol–water partition coefficient (Wildman–Crippen LogP) is 6.01. The molecule has 7 nitrogen and oxygen atoms in total. The molecular formula is C23H17Cl3N4O3. The standard InChI is InChI=1S/C23H17Cl3N4O3/c1-14-16(22(26)30(29-14)12-17-18(24)8-5-9-19(17)25)10-11-21(31)32-13-20-27-28-23(33-20)15-6-3-2-4-7-15/h2-11H,12-13H2,1H3/b11-10+. The van der Waals surface area contributed by atoms with Crippen LogP contribution in [0.5, 0.6) is 0 Å². The Morgan fingerprint density at radius 3 is 2.52 bits per heavy atom. The molecule has 0 fully saturated rings. The van der Waals surface area contributed by atoms with Crippen molar-refractivity contribution in [3.8, 4) is 11.5 Å². The number of aromatic nitrogens is 4. The number of carbonyl (C=O) groups is 1. The van der Waals surface area contributed by atoms with Crippen molar-refractivity contribution in [2.45, 2.75) is 20.1 Å². The first-order chi connectivity index (χ1) is 15.9. The van der Waals surface area contributed by atoms with Crippen molar-refractivity contribution in [1.82, 2.24) is 20.0 Å². The summed E-state index contributed by atoms with van der Waals surface area (Å²) in [5.74, 6) is -0.0493. The lowest BCUT2D eigenvalue weighted by atomic mass is 10.2. The molecule has 4 aromatic rings. The number of hydrogen-bond acceptors (Lipinski definition) is 6. The van der Waals surface area contributed by atoms with Crippen molar-refractivity contribution >= 4 is 46.8 Å². The first-order valence-electron chi connectivity index (χ1n) is 9.81. The maximum absolute atomic E-state index is 12.2. The summed E-state index contributed by atoms with van der Waals surface area (Å²) in [6.45, 7) is 1.92. The Labute approximate surface area is 204 Å². The molecule has 0 aliphatic heterocycles. The Hall–Kier alpha value is -3.13. The molecule has 0 atom stereocenters. The van der Waals surface area contributed by atoms with Gasteiger partial charge in [0, 0.05) is 32.8 Å². The molecule has 0 bridgehead atoms. The SMILES string of the molecule is Cc1nn(Cc2c(Cl)cccc2Cl)c(Cl)c1/C=C/C(=O)OCc1nnc(-c2ccccc2)o1. The first kappa shape index (κ1) is 23.0. The largest absolute Gasteiger partial charge is 0.452 e. The van der Waals surface area contributed by atoms with Gasteiger partial charge >= 0.3 is 5.97 Å². The summed E-state index contributed by atoms with van der Waals surface area (Å²) < 4.78 is 12.3. The lowest BCUT2D eigenvalue weighted by Gasteiger charge is -2.08. The molecule has 0 unspecified atom stereocenters. The molecule has 0 radical (unpaired) electrons. The Kier molecular flexibility index (Phi) is 7.13. The maximum atomic E-state index is 12.2. The van der Waals surface area contributed by atoms with Gasteiger partial charge in [-0.15, -0.1) is 10.2 Å². The van der Waals surface area contributed by atoms with Crippen LogP contribution in [0.15, 0.2) is 59.0 Å². The number of esters is 1. The fourth-order valence-corrected chi connectivity index (χ4v) is 3.85. The van der Waals surface area contributed by atoms with Crippen molar-refractivity contribution in [3.05, 3.63) is 92.5 Å². The van der Waals surface area contributed by atoms with Crippen LogP contribution in [0.25, 0.3) is 17.5 Å². The minimum Gasteiger partial charge on any atom is -0.452 e. The summed E-state index contributed by atoms with van der Waals surface area (Å²) in [7, 11) is 0. The third-order valence-electron chi connectivity index (χ3n) is 4.69. The van der Waals surface area contributed by atoms with Crippen LogP contribution in [0.3, 0.4) is 0 Å². The van der Waals surface area contributed by atoms with Gasteiger partial charge in [0.25, 0.3) is 5.89 Å². The minimum absolute atomic E-state index is 0.153. The Bertz CT molecular complexity index is 1300. The van der Waals surface area contributed by atoms with E-state index in [1.165, 1.54) is 6.08 Å². The molecule has 2 aromatic carbocycles. The highest BCUT2D eigenvalue weighted by molar-refractivity contribution is 6.36. The molecule has 168 valence electrons. The van der Waals surface area contributed by atoms with Gasteiger partial charge in [0.05, 0.1) is 12.2 Å². The van der Waals surface area contributed by atoms with Gasteiger partial charge in [0.1, 0.15) is 5.15 Å². The Morgan fingerprint density at radius 2 is 1.79 bits per heavy atom. The summed E-state index contributed by atoms with van der Waals surface area (Å²) in [6, 6.07) is 14.6. The second-order valence-electron chi connectivity index (χ2n) is 6.96. The number of benzene rings is 2. The smallest absolute Gasteiger partial charge is 0.331 e. The number of rotatable bonds is 7. The summed E-state index contributed by atoms with van der Waals surface area (Å²) in [4.78, 5) is 12.2. The van der Waals surface area contributed by atoms with Crippen LogP contribution in [0.4, 0.5) is 0 Å². The number of aryl methyl sites for hydroxylation is 1. The number of carbonyl (C=O) groups excluding carboxylic acids is 1. The molecule has 0 aliphatic carbocycles. The van der Waals surface area contributed by atoms with Gasteiger partial charge in [-0.2, -0.15) is 5.10 Å². The van der Waals surface area contributed by atoms with Crippen molar-refractivity contribution < 1.29 is 13.9 Å². The molecule has 0 spiro atoms. The van der Waals surface area contributed by atoms with Crippen molar-refractivity contribution in [2.75, 3.05) is 0 Å². The summed E-state index contributed by atoms with van der Waals surface area (Å²) in [6.07, 6.45) is 2.80. The molecule has 2 heterocycles. The molecule has 0 amide bonds. The molecule has 0 saturated carbocycles. The molecular weight excluding hydrogens is 487 g/mol. The highest BCUT2D eigenvalue weighted by Gasteiger charge is 2.15. The van der Waals surface area contributed by atoms with E-state index in [4.69, 9.17) is 44.0 Å². The highest BCUT2D eigenvalue weighted by Crippen LogP contribution is 2.28. The topological polar surface area (TPSA) is 83.0 Å². The Morgan fingerprint density at radius 1 is 1.06 bits per heavy atom. The average Bonchev–Trinajstić information content (AvgIpc) is 3.39. The van der Waals surface area contributed by atoms with E-state index in [1.54, 1.807) is 35.9 Å². The van der Waals surface area contributed by atoms with Crippen molar-refractivity contribution in [1.29, 1.82) is 0 Å². The average molecular weight is 504 g/mol. The van der Waals surface area contributed by atoms with Crippen LogP contribution in [-0.2, 0) is 22.7 Å². The summed E-state index contributed by atoms with van der Waals surface area (Å²) in [5, 5.41) is 13.7. The van der Waals surface area contributed by atoms with E-state index in [-0.39, 0.29) is 19.0 Å². The van der Waals surface area contributed by atoms with E-state index >= 15 is 0 Å². The predicted molar refractivity (Wildman–Crippen MR) is 126 cm³/mol. The third kappa shape index (κ3) is 5.45. The van der Waals surface area contributed by atoms with Crippen LogP contribution in [0, 0.1) is 6.92 Å². The zero-order valence-corrected chi connectivity index (χ0v) is 19.6. The molecule has 0 aliphatic rings. The fraction of sp³-hybridized carbons (Fsp3) is 0.130. The zero-order valence-electron chi connectivity index (χ0n) is 17.3. The zero-order chi connectivity index (χ0) is 23.4. The number of hydrogen-bond donors (Lipinski definition) is 0. The van der Waals surface area contributed by atoms with Gasteiger partial charge in [-0.1, -0.05) is 59.1 Å². The van der Waals surface area contributed by atoms with E-state index in [2.05, 4.69) is 15.3 Å². The van der Waals surface area contributed by atoms with E-state index < -0.39 is 5.97 Å². The van der Waals surface area contributed by atoms with Gasteiger partial charge in [-0.3, -0.25) is 0 Å². The van der Waals surface area contributed by atoms with E-state index in [0.29, 0.717) is 37.9 Å². The van der Waals surface area contributed by atoms with E-state index in [9.17, 15) is 4.79 Å². The van der Waals surface area contributed by atoms with Crippen molar-refractivity contribution in [2.24, 2.45) is 0 Å². The third-order valence-corrected chi connectivity index (χ3v) is 5.80. The number of ether oxygens (including phenoxy) is 1. The molecule has 4 rings (SSSR count). The number of halogens is 3. The summed E-state index contributed by atoms with van der Waals surface area (Å²) in [5.41, 5.74) is 2.70. The van der Waals surface area contributed by atoms with E-state index in [1.807, 2.05) is 30.3 Å². The van der Waals surface area contributed by atoms with Crippen LogP contribution in [-0.4, -0.2) is 25.9 Å². The minimum atomic E-state index is -0.591.